The summed E-state index contributed by atoms with van der Waals surface area (Å²) in [7, 11) is 0. The Morgan fingerprint density at radius 2 is 1.49 bits per heavy atom. The molecule has 0 bridgehead atoms. The normalized spacial score (nSPS) is 14.1. The summed E-state index contributed by atoms with van der Waals surface area (Å²) in [4.78, 5) is 40.2. The number of rotatable bonds is 12. The first-order valence-electron chi connectivity index (χ1n) is 12.9. The molecule has 1 aliphatic heterocycles. The van der Waals surface area contributed by atoms with Crippen molar-refractivity contribution >= 4 is 29.6 Å². The predicted molar refractivity (Wildman–Crippen MR) is 150 cm³/mol. The quantitative estimate of drug-likeness (QED) is 0.199. The Hall–Kier alpha value is -4.63. The van der Waals surface area contributed by atoms with Crippen LogP contribution in [0.4, 0.5) is 10.5 Å². The van der Waals surface area contributed by atoms with E-state index in [0.717, 1.165) is 31.0 Å². The molecule has 1 aliphatic rings. The fourth-order valence-electron chi connectivity index (χ4n) is 4.10. The molecular weight excluding hydrogens is 496 g/mol. The average molecular weight is 529 g/mol. The van der Waals surface area contributed by atoms with Crippen LogP contribution in [0.1, 0.15) is 36.2 Å². The van der Waals surface area contributed by atoms with Crippen LogP contribution in [0.15, 0.2) is 78.5 Å². The Bertz CT molecular complexity index is 1330. The number of nitrogens with one attached hydrogen (secondary N) is 1. The van der Waals surface area contributed by atoms with Crippen molar-refractivity contribution in [1.82, 2.24) is 10.2 Å². The lowest BCUT2D eigenvalue weighted by Crippen LogP contribution is -2.30. The highest BCUT2D eigenvalue weighted by molar-refractivity contribution is 6.28. The molecule has 3 N–H and O–H groups in total. The summed E-state index contributed by atoms with van der Waals surface area (Å²) < 4.78 is 11.6. The summed E-state index contributed by atoms with van der Waals surface area (Å²) >= 11 is 0. The Labute approximate surface area is 227 Å². The van der Waals surface area contributed by atoms with Gasteiger partial charge in [0.25, 0.3) is 5.91 Å². The second kappa shape index (κ2) is 12.7. The number of imide groups is 1. The second-order valence-corrected chi connectivity index (χ2v) is 8.91. The van der Waals surface area contributed by atoms with Crippen molar-refractivity contribution in [1.29, 1.82) is 0 Å². The molecule has 0 saturated carbocycles. The molecule has 39 heavy (non-hydrogen) atoms. The van der Waals surface area contributed by atoms with E-state index in [-0.39, 0.29) is 5.70 Å². The summed E-state index contributed by atoms with van der Waals surface area (Å²) in [5, 5.41) is 2.64. The van der Waals surface area contributed by atoms with E-state index in [4.69, 9.17) is 15.2 Å². The molecule has 1 fully saturated rings. The lowest BCUT2D eigenvalue weighted by Gasteiger charge is -2.18. The van der Waals surface area contributed by atoms with Crippen LogP contribution < -0.4 is 25.4 Å². The maximum absolute atomic E-state index is 13.0. The van der Waals surface area contributed by atoms with Gasteiger partial charge in [0, 0.05) is 12.1 Å². The molecule has 4 amide bonds. The third kappa shape index (κ3) is 7.03. The van der Waals surface area contributed by atoms with Gasteiger partial charge < -0.3 is 25.4 Å². The predicted octanol–water partition coefficient (Wildman–Crippen LogP) is 4.79. The van der Waals surface area contributed by atoms with Crippen molar-refractivity contribution < 1.29 is 23.9 Å². The molecule has 0 radical (unpaired) electrons. The molecule has 3 aromatic carbocycles. The lowest BCUT2D eigenvalue weighted by atomic mass is 10.1. The van der Waals surface area contributed by atoms with E-state index in [1.807, 2.05) is 0 Å². The first-order chi connectivity index (χ1) is 18.9. The van der Waals surface area contributed by atoms with E-state index < -0.39 is 17.8 Å². The molecule has 1 heterocycles. The first-order valence-corrected chi connectivity index (χ1v) is 12.9. The van der Waals surface area contributed by atoms with Crippen molar-refractivity contribution in [3.63, 3.8) is 0 Å². The summed E-state index contributed by atoms with van der Waals surface area (Å²) in [6, 6.07) is 19.9. The van der Waals surface area contributed by atoms with Gasteiger partial charge in [-0.2, -0.15) is 0 Å². The van der Waals surface area contributed by atoms with Crippen LogP contribution in [0, 0.1) is 0 Å². The number of amides is 4. The highest BCUT2D eigenvalue weighted by Crippen LogP contribution is 2.26. The minimum Gasteiger partial charge on any atom is -0.494 e. The van der Waals surface area contributed by atoms with Crippen molar-refractivity contribution in [3.05, 3.63) is 89.6 Å². The lowest BCUT2D eigenvalue weighted by molar-refractivity contribution is -0.113. The van der Waals surface area contributed by atoms with Crippen LogP contribution in [-0.2, 0) is 4.79 Å². The van der Waals surface area contributed by atoms with Gasteiger partial charge in [-0.15, -0.1) is 0 Å². The molecule has 0 aliphatic carbocycles. The van der Waals surface area contributed by atoms with Crippen LogP contribution in [0.25, 0.3) is 6.08 Å². The molecule has 0 spiro atoms. The monoisotopic (exact) mass is 528 g/mol. The SMILES string of the molecule is CCN(CC)CCCOc1ccc(N2C(=O)NC(=Cc3ccc(Oc4ccc(C(N)=O)cc4)cc3)C2=O)cc1. The van der Waals surface area contributed by atoms with E-state index >= 15 is 0 Å². The largest absolute Gasteiger partial charge is 0.494 e. The van der Waals surface area contributed by atoms with Crippen LogP contribution in [0.5, 0.6) is 17.2 Å². The Balaban J connectivity index is 1.35. The van der Waals surface area contributed by atoms with Gasteiger partial charge >= 0.3 is 6.03 Å². The molecule has 202 valence electrons. The maximum atomic E-state index is 13.0. The molecule has 1 saturated heterocycles. The number of anilines is 1. The van der Waals surface area contributed by atoms with E-state index in [0.29, 0.717) is 40.7 Å². The van der Waals surface area contributed by atoms with Crippen LogP contribution in [0.2, 0.25) is 0 Å². The standard InChI is InChI=1S/C30H32N4O5/c1-3-33(4-2)18-5-19-38-24-16-10-23(11-17-24)34-29(36)27(32-30(34)37)20-21-6-12-25(13-7-21)39-26-14-8-22(9-15-26)28(31)35/h6-17,20H,3-5,18-19H2,1-2H3,(H2,31,35)(H,32,37). The molecule has 0 unspecified atom stereocenters. The molecule has 9 nitrogen and oxygen atoms in total. The van der Waals surface area contributed by atoms with Crippen molar-refractivity contribution in [2.45, 2.75) is 20.3 Å². The van der Waals surface area contributed by atoms with Gasteiger partial charge in [0.1, 0.15) is 22.9 Å². The Kier molecular flexibility index (Phi) is 8.96. The van der Waals surface area contributed by atoms with Gasteiger partial charge in [-0.05, 0) is 91.8 Å². The number of hydrogen-bond acceptors (Lipinski definition) is 6. The number of primary amides is 1. The van der Waals surface area contributed by atoms with Crippen LogP contribution in [-0.4, -0.2) is 49.0 Å². The number of hydrogen-bond donors (Lipinski definition) is 2. The third-order valence-corrected chi connectivity index (χ3v) is 6.32. The molecular formula is C30H32N4O5. The van der Waals surface area contributed by atoms with Gasteiger partial charge in [-0.1, -0.05) is 26.0 Å². The van der Waals surface area contributed by atoms with Gasteiger partial charge in [0.05, 0.1) is 12.3 Å². The van der Waals surface area contributed by atoms with E-state index in [2.05, 4.69) is 24.1 Å². The number of ether oxygens (including phenoxy) is 2. The molecule has 0 atom stereocenters. The van der Waals surface area contributed by atoms with Crippen LogP contribution in [0.3, 0.4) is 0 Å². The zero-order valence-corrected chi connectivity index (χ0v) is 22.1. The zero-order valence-electron chi connectivity index (χ0n) is 22.1. The van der Waals surface area contributed by atoms with Gasteiger partial charge in [0.15, 0.2) is 0 Å². The van der Waals surface area contributed by atoms with Crippen LogP contribution >= 0.6 is 0 Å². The number of urea groups is 1. The van der Waals surface area contributed by atoms with Crippen molar-refractivity contribution in [2.75, 3.05) is 31.1 Å². The first kappa shape index (κ1) is 27.4. The minimum absolute atomic E-state index is 0.174. The highest BCUT2D eigenvalue weighted by Gasteiger charge is 2.34. The number of nitrogens with zero attached hydrogens (tertiary/aromatic N) is 2. The third-order valence-electron chi connectivity index (χ3n) is 6.32. The van der Waals surface area contributed by atoms with E-state index in [1.54, 1.807) is 78.9 Å². The van der Waals surface area contributed by atoms with Gasteiger partial charge in [0.2, 0.25) is 5.91 Å². The second-order valence-electron chi connectivity index (χ2n) is 8.91. The molecule has 4 rings (SSSR count). The summed E-state index contributed by atoms with van der Waals surface area (Å²) in [5.74, 6) is 0.864. The Morgan fingerprint density at radius 1 is 0.897 bits per heavy atom. The molecule has 9 heteroatoms. The zero-order chi connectivity index (χ0) is 27.8. The minimum atomic E-state index is -0.515. The van der Waals surface area contributed by atoms with E-state index in [9.17, 15) is 14.4 Å². The maximum Gasteiger partial charge on any atom is 0.333 e. The van der Waals surface area contributed by atoms with Gasteiger partial charge in [-0.25, -0.2) is 9.69 Å². The smallest absolute Gasteiger partial charge is 0.333 e. The van der Waals surface area contributed by atoms with Crippen molar-refractivity contribution in [3.8, 4) is 17.2 Å². The highest BCUT2D eigenvalue weighted by atomic mass is 16.5. The number of carbonyl (C=O) groups is 3. The fraction of sp³-hybridized carbons (Fsp3) is 0.233. The summed E-state index contributed by atoms with van der Waals surface area (Å²) in [6.45, 7) is 7.89. The average Bonchev–Trinajstić information content (AvgIpc) is 3.22. The van der Waals surface area contributed by atoms with Crippen molar-refractivity contribution in [2.24, 2.45) is 5.73 Å². The summed E-state index contributed by atoms with van der Waals surface area (Å²) in [6.07, 6.45) is 2.53. The molecule has 0 aromatic heterocycles. The topological polar surface area (TPSA) is 114 Å². The fourth-order valence-corrected chi connectivity index (χ4v) is 4.10. The number of nitrogens with two attached hydrogens (primary N) is 1. The Morgan fingerprint density at radius 3 is 2.08 bits per heavy atom. The molecule has 3 aromatic rings. The number of carbonyl (C=O) groups excluding carboxylic acids is 3. The summed E-state index contributed by atoms with van der Waals surface area (Å²) in [5.41, 5.74) is 7.00. The number of benzene rings is 3. The van der Waals surface area contributed by atoms with E-state index in [1.165, 1.54) is 0 Å². The van der Waals surface area contributed by atoms with Gasteiger partial charge in [-0.3, -0.25) is 9.59 Å².